The molecule has 0 saturated heterocycles. The van der Waals surface area contributed by atoms with E-state index in [2.05, 4.69) is 154 Å². The van der Waals surface area contributed by atoms with Crippen LogP contribution >= 0.6 is 0 Å². The van der Waals surface area contributed by atoms with Crippen LogP contribution in [0.4, 0.5) is 0 Å². The van der Waals surface area contributed by atoms with Crippen LogP contribution in [0, 0.1) is 0 Å². The Labute approximate surface area is 327 Å². The van der Waals surface area contributed by atoms with Gasteiger partial charge in [-0.05, 0) is 59.2 Å². The minimum atomic E-state index is -2.08. The second kappa shape index (κ2) is 18.4. The van der Waals surface area contributed by atoms with Gasteiger partial charge in [0.1, 0.15) is 0 Å². The summed E-state index contributed by atoms with van der Waals surface area (Å²) in [5.74, 6) is 2.13. The average Bonchev–Trinajstić information content (AvgIpc) is 3.63. The number of rotatable bonds is 16. The molecule has 2 nitrogen and oxygen atoms in total. The standard InChI is InChI=1S/C40H58O2Si3.2ClH.Zr/c1-13-15-23-44(29(3)4,30(5)6)41-39-21-17-19-33-25-35(27-37(33)39)43(11,12)36-26-34-20-18-22-40(38(34)28-36)42-45(31(7)8,32(9)10)24-16-14-2;;;/h13-14,17-22,25-32H,1-2,15-16,23-24H2,3-12H3;2*1H;/q-2;;;+4/p-2. The Morgan fingerprint density at radius 2 is 0.958 bits per heavy atom. The van der Waals surface area contributed by atoms with Gasteiger partial charge < -0.3 is 33.7 Å². The van der Waals surface area contributed by atoms with Gasteiger partial charge in [0.05, 0.1) is 19.6 Å². The fraction of sp³-hybridized carbons (Fsp3) is 0.450. The van der Waals surface area contributed by atoms with Crippen molar-refractivity contribution in [2.45, 2.75) is 116 Å². The predicted molar refractivity (Wildman–Crippen MR) is 208 cm³/mol. The molecule has 4 aromatic carbocycles. The van der Waals surface area contributed by atoms with Crippen molar-refractivity contribution in [2.75, 3.05) is 0 Å². The summed E-state index contributed by atoms with van der Waals surface area (Å²) in [5, 5.41) is 8.01. The zero-order chi connectivity index (χ0) is 33.2. The summed E-state index contributed by atoms with van der Waals surface area (Å²) >= 11 is 0. The summed E-state index contributed by atoms with van der Waals surface area (Å²) < 4.78 is 14.5. The van der Waals surface area contributed by atoms with E-state index >= 15 is 0 Å². The number of hydrogen-bond donors (Lipinski definition) is 0. The molecule has 0 aliphatic rings. The molecule has 0 unspecified atom stereocenters. The Bertz CT molecular complexity index is 1490. The van der Waals surface area contributed by atoms with Gasteiger partial charge in [-0.25, -0.2) is 0 Å². The fourth-order valence-electron chi connectivity index (χ4n) is 7.60. The molecule has 0 aliphatic carbocycles. The predicted octanol–water partition coefficient (Wildman–Crippen LogP) is 5.70. The van der Waals surface area contributed by atoms with Gasteiger partial charge in [0, 0.05) is 0 Å². The molecular weight excluding hydrogens is 759 g/mol. The molecule has 4 rings (SSSR count). The molecule has 260 valence electrons. The summed E-state index contributed by atoms with van der Waals surface area (Å²) in [6, 6.07) is 25.2. The molecule has 0 atom stereocenters. The Kier molecular flexibility index (Phi) is 17.2. The second-order valence-corrected chi connectivity index (χ2v) is 29.3. The van der Waals surface area contributed by atoms with E-state index in [-0.39, 0.29) is 51.0 Å². The van der Waals surface area contributed by atoms with Crippen LogP contribution in [0.3, 0.4) is 0 Å². The van der Waals surface area contributed by atoms with Gasteiger partial charge in [-0.15, -0.1) is 81.5 Å². The monoisotopic (exact) mass is 814 g/mol. The molecule has 0 fully saturated rings. The minimum Gasteiger partial charge on any atom is -1.00 e. The van der Waals surface area contributed by atoms with Crippen LogP contribution in [0.1, 0.15) is 68.2 Å². The number of fused-ring (bicyclic) bond motifs is 2. The molecule has 0 bridgehead atoms. The first kappa shape index (κ1) is 44.9. The van der Waals surface area contributed by atoms with Crippen LogP contribution in [0.5, 0.6) is 11.5 Å². The van der Waals surface area contributed by atoms with Crippen LogP contribution in [-0.2, 0) is 26.2 Å². The summed E-state index contributed by atoms with van der Waals surface area (Å²) in [5.41, 5.74) is 2.08. The van der Waals surface area contributed by atoms with Crippen molar-refractivity contribution in [1.29, 1.82) is 0 Å². The zero-order valence-electron chi connectivity index (χ0n) is 31.1. The van der Waals surface area contributed by atoms with Crippen LogP contribution in [0.2, 0.25) is 47.3 Å². The van der Waals surface area contributed by atoms with Gasteiger partial charge in [-0.1, -0.05) is 80.6 Å². The molecule has 48 heavy (non-hydrogen) atoms. The van der Waals surface area contributed by atoms with Gasteiger partial charge in [-0.2, -0.15) is 12.1 Å². The first-order valence-corrected chi connectivity index (χ1v) is 24.8. The van der Waals surface area contributed by atoms with Crippen LogP contribution in [-0.4, -0.2) is 24.7 Å². The Morgan fingerprint density at radius 1 is 0.625 bits per heavy atom. The van der Waals surface area contributed by atoms with Crippen molar-refractivity contribution in [3.05, 3.63) is 86.0 Å². The molecule has 0 radical (unpaired) electrons. The Hall–Kier alpha value is -1.15. The summed E-state index contributed by atoms with van der Waals surface area (Å²) in [7, 11) is -6.19. The number of hydrogen-bond acceptors (Lipinski definition) is 2. The van der Waals surface area contributed by atoms with Crippen molar-refractivity contribution >= 4 is 56.6 Å². The summed E-state index contributed by atoms with van der Waals surface area (Å²) in [6.07, 6.45) is 6.13. The van der Waals surface area contributed by atoms with Gasteiger partial charge >= 0.3 is 26.2 Å². The molecule has 0 heterocycles. The third kappa shape index (κ3) is 8.83. The van der Waals surface area contributed by atoms with Crippen molar-refractivity contribution in [3.63, 3.8) is 0 Å². The minimum absolute atomic E-state index is 0. The largest absolute Gasteiger partial charge is 4.00 e. The number of halogens is 2. The van der Waals surface area contributed by atoms with E-state index in [4.69, 9.17) is 8.85 Å². The van der Waals surface area contributed by atoms with E-state index in [0.717, 1.165) is 36.4 Å². The van der Waals surface area contributed by atoms with Gasteiger partial charge in [0.25, 0.3) is 16.6 Å². The van der Waals surface area contributed by atoms with Crippen LogP contribution < -0.4 is 44.0 Å². The van der Waals surface area contributed by atoms with Gasteiger partial charge in [0.15, 0.2) is 0 Å². The summed E-state index contributed by atoms with van der Waals surface area (Å²) in [4.78, 5) is 0. The van der Waals surface area contributed by atoms with Crippen molar-refractivity contribution in [2.24, 2.45) is 0 Å². The van der Waals surface area contributed by atoms with Crippen molar-refractivity contribution in [3.8, 4) is 11.5 Å². The topological polar surface area (TPSA) is 18.5 Å². The van der Waals surface area contributed by atoms with E-state index in [1.807, 2.05) is 0 Å². The quantitative estimate of drug-likeness (QED) is 0.0822. The maximum atomic E-state index is 7.24. The van der Waals surface area contributed by atoms with E-state index in [0.29, 0.717) is 22.2 Å². The smallest absolute Gasteiger partial charge is 1.00 e. The van der Waals surface area contributed by atoms with E-state index in [1.165, 1.54) is 31.9 Å². The normalized spacial score (nSPS) is 12.3. The molecule has 0 N–H and O–H groups in total. The fourth-order valence-corrected chi connectivity index (χ4v) is 18.6. The molecular formula is C40H58Cl2O2Si3Zr. The van der Waals surface area contributed by atoms with E-state index < -0.39 is 24.7 Å². The maximum Gasteiger partial charge on any atom is 4.00 e. The van der Waals surface area contributed by atoms with Crippen molar-refractivity contribution in [1.82, 2.24) is 0 Å². The van der Waals surface area contributed by atoms with Crippen molar-refractivity contribution < 1.29 is 59.9 Å². The molecule has 0 amide bonds. The Balaban J connectivity index is 0.00000384. The first-order valence-electron chi connectivity index (χ1n) is 17.2. The third-order valence-corrected chi connectivity index (χ3v) is 25.5. The SMILES string of the molecule is C=CCC[Si](Oc1cccc2[cH-]c([Si](C)(C)c3cc4c(O[Si](CCC=C)(C(C)C)C(C)C)cccc4[cH-]3)cc12)(C(C)C)C(C)C.[Cl-].[Cl-].[Zr+4]. The molecule has 0 aliphatic heterocycles. The van der Waals surface area contributed by atoms with Crippen LogP contribution in [0.25, 0.3) is 21.5 Å². The number of allylic oxidation sites excluding steroid dienone is 2. The zero-order valence-corrected chi connectivity index (χ0v) is 38.0. The first-order chi connectivity index (χ1) is 21.2. The van der Waals surface area contributed by atoms with Gasteiger partial charge in [-0.3, -0.25) is 0 Å². The Morgan fingerprint density at radius 3 is 1.25 bits per heavy atom. The molecule has 8 heteroatoms. The maximum absolute atomic E-state index is 7.24. The van der Waals surface area contributed by atoms with E-state index in [1.54, 1.807) is 0 Å². The molecule has 0 aromatic heterocycles. The average molecular weight is 817 g/mol. The summed E-state index contributed by atoms with van der Waals surface area (Å²) in [6.45, 7) is 31.9. The third-order valence-electron chi connectivity index (χ3n) is 10.9. The number of benzene rings is 2. The molecule has 4 aromatic rings. The van der Waals surface area contributed by atoms with Gasteiger partial charge in [0.2, 0.25) is 0 Å². The molecule has 0 spiro atoms. The van der Waals surface area contributed by atoms with Crippen LogP contribution in [0.15, 0.2) is 86.0 Å². The second-order valence-electron chi connectivity index (χ2n) is 15.0. The van der Waals surface area contributed by atoms with E-state index in [9.17, 15) is 0 Å². The molecule has 0 saturated carbocycles.